The minimum Gasteiger partial charge on any atom is -0.481 e. The van der Waals surface area contributed by atoms with Crippen molar-refractivity contribution in [2.75, 3.05) is 19.7 Å². The van der Waals surface area contributed by atoms with Crippen molar-refractivity contribution in [1.82, 2.24) is 10.2 Å². The Kier molecular flexibility index (Phi) is 7.43. The van der Waals surface area contributed by atoms with E-state index < -0.39 is 17.5 Å². The summed E-state index contributed by atoms with van der Waals surface area (Å²) in [5.74, 6) is -0.897. The number of carboxylic acid groups (broad SMARTS) is 1. The van der Waals surface area contributed by atoms with Crippen molar-refractivity contribution in [2.24, 2.45) is 5.41 Å². The van der Waals surface area contributed by atoms with Crippen LogP contribution in [0.2, 0.25) is 0 Å². The maximum absolute atomic E-state index is 12.7. The second kappa shape index (κ2) is 10.5. The summed E-state index contributed by atoms with van der Waals surface area (Å²) in [7, 11) is 0. The first-order valence-electron chi connectivity index (χ1n) is 12.5. The Morgan fingerprint density at radius 1 is 1.09 bits per heavy atom. The van der Waals surface area contributed by atoms with E-state index in [1.165, 1.54) is 11.1 Å². The van der Waals surface area contributed by atoms with Gasteiger partial charge in [-0.1, -0.05) is 62.4 Å². The van der Waals surface area contributed by atoms with Crippen LogP contribution in [0.1, 0.15) is 63.0 Å². The molecule has 1 aliphatic carbocycles. The first-order valence-corrected chi connectivity index (χ1v) is 12.5. The molecule has 2 aromatic rings. The second-order valence-electron chi connectivity index (χ2n) is 9.62. The molecular weight excluding hydrogens is 444 g/mol. The average Bonchev–Trinajstić information content (AvgIpc) is 3.46. The van der Waals surface area contributed by atoms with Gasteiger partial charge in [0.2, 0.25) is 5.91 Å². The maximum Gasteiger partial charge on any atom is 0.407 e. The van der Waals surface area contributed by atoms with Gasteiger partial charge in [-0.3, -0.25) is 9.59 Å². The molecule has 186 valence electrons. The number of alkyl carbamates (subject to hydrolysis) is 1. The van der Waals surface area contributed by atoms with E-state index in [0.717, 1.165) is 11.1 Å². The van der Waals surface area contributed by atoms with Crippen LogP contribution in [0.3, 0.4) is 0 Å². The fourth-order valence-corrected chi connectivity index (χ4v) is 5.34. The summed E-state index contributed by atoms with van der Waals surface area (Å²) in [6, 6.07) is 16.2. The summed E-state index contributed by atoms with van der Waals surface area (Å²) >= 11 is 0. The molecular formula is C28H34N2O5. The monoisotopic (exact) mass is 478 g/mol. The topological polar surface area (TPSA) is 95.9 Å². The number of ether oxygens (including phenoxy) is 1. The molecule has 2 aliphatic rings. The van der Waals surface area contributed by atoms with Crippen molar-refractivity contribution in [3.05, 3.63) is 59.7 Å². The number of fused-ring (bicyclic) bond motifs is 3. The quantitative estimate of drug-likeness (QED) is 0.540. The Morgan fingerprint density at radius 3 is 2.26 bits per heavy atom. The number of benzene rings is 2. The summed E-state index contributed by atoms with van der Waals surface area (Å²) in [4.78, 5) is 38.6. The third-order valence-corrected chi connectivity index (χ3v) is 7.70. The number of rotatable bonds is 9. The number of carboxylic acids is 1. The van der Waals surface area contributed by atoms with Crippen LogP contribution in [-0.4, -0.2) is 53.7 Å². The van der Waals surface area contributed by atoms with E-state index >= 15 is 0 Å². The van der Waals surface area contributed by atoms with Crippen LogP contribution in [0, 0.1) is 5.41 Å². The molecule has 2 atom stereocenters. The molecule has 1 saturated heterocycles. The van der Waals surface area contributed by atoms with Gasteiger partial charge in [0.25, 0.3) is 0 Å². The van der Waals surface area contributed by atoms with Gasteiger partial charge in [-0.15, -0.1) is 0 Å². The molecule has 0 spiro atoms. The molecule has 7 nitrogen and oxygen atoms in total. The van der Waals surface area contributed by atoms with E-state index in [9.17, 15) is 19.5 Å². The Balaban J connectivity index is 1.28. The normalized spacial score (nSPS) is 19.7. The third-order valence-electron chi connectivity index (χ3n) is 7.70. The number of nitrogens with one attached hydrogen (secondary N) is 1. The summed E-state index contributed by atoms with van der Waals surface area (Å²) < 4.78 is 5.64. The highest BCUT2D eigenvalue weighted by molar-refractivity contribution is 5.81. The minimum atomic E-state index is -0.835. The first-order chi connectivity index (χ1) is 16.9. The average molecular weight is 479 g/mol. The van der Waals surface area contributed by atoms with Crippen molar-refractivity contribution in [3.8, 4) is 11.1 Å². The predicted molar refractivity (Wildman–Crippen MR) is 133 cm³/mol. The zero-order valence-corrected chi connectivity index (χ0v) is 20.5. The predicted octanol–water partition coefficient (Wildman–Crippen LogP) is 4.80. The summed E-state index contributed by atoms with van der Waals surface area (Å²) in [6.07, 6.45) is 1.94. The van der Waals surface area contributed by atoms with Crippen molar-refractivity contribution in [2.45, 2.75) is 57.9 Å². The van der Waals surface area contributed by atoms with Crippen molar-refractivity contribution >= 4 is 18.0 Å². The summed E-state index contributed by atoms with van der Waals surface area (Å²) in [5, 5.41) is 12.5. The number of carbonyl (C=O) groups is 3. The minimum absolute atomic E-state index is 0.00182. The van der Waals surface area contributed by atoms with Gasteiger partial charge in [0, 0.05) is 31.5 Å². The molecule has 1 fully saturated rings. The zero-order valence-electron chi connectivity index (χ0n) is 20.5. The van der Waals surface area contributed by atoms with Crippen molar-refractivity contribution in [3.63, 3.8) is 0 Å². The van der Waals surface area contributed by atoms with Gasteiger partial charge in [0.05, 0.1) is 5.41 Å². The molecule has 35 heavy (non-hydrogen) atoms. The molecule has 0 bridgehead atoms. The van der Waals surface area contributed by atoms with Crippen LogP contribution in [-0.2, 0) is 14.3 Å². The lowest BCUT2D eigenvalue weighted by molar-refractivity contribution is -0.148. The number of amides is 2. The molecule has 0 radical (unpaired) electrons. The third kappa shape index (κ3) is 5.04. The zero-order chi connectivity index (χ0) is 25.0. The lowest BCUT2D eigenvalue weighted by Gasteiger charge is -2.24. The van der Waals surface area contributed by atoms with Crippen LogP contribution >= 0.6 is 0 Å². The highest BCUT2D eigenvalue weighted by Crippen LogP contribution is 2.44. The van der Waals surface area contributed by atoms with E-state index in [1.807, 2.05) is 38.1 Å². The molecule has 1 aliphatic heterocycles. The number of likely N-dealkylation sites (tertiary alicyclic amines) is 1. The Morgan fingerprint density at radius 2 is 1.71 bits per heavy atom. The fraction of sp³-hybridized carbons (Fsp3) is 0.464. The van der Waals surface area contributed by atoms with Gasteiger partial charge in [-0.25, -0.2) is 4.79 Å². The number of hydrogen-bond donors (Lipinski definition) is 2. The van der Waals surface area contributed by atoms with E-state index in [-0.39, 0.29) is 37.4 Å². The molecule has 4 rings (SSSR count). The van der Waals surface area contributed by atoms with Gasteiger partial charge < -0.3 is 20.1 Å². The van der Waals surface area contributed by atoms with Gasteiger partial charge in [0.1, 0.15) is 6.61 Å². The van der Waals surface area contributed by atoms with E-state index in [1.54, 1.807) is 4.90 Å². The van der Waals surface area contributed by atoms with Gasteiger partial charge in [0.15, 0.2) is 0 Å². The highest BCUT2D eigenvalue weighted by atomic mass is 16.5. The van der Waals surface area contributed by atoms with Gasteiger partial charge in [-0.2, -0.15) is 0 Å². The summed E-state index contributed by atoms with van der Waals surface area (Å²) in [6.45, 7) is 4.79. The van der Waals surface area contributed by atoms with Crippen molar-refractivity contribution in [1.29, 1.82) is 0 Å². The molecule has 2 N–H and O–H groups in total. The first kappa shape index (κ1) is 24.8. The smallest absolute Gasteiger partial charge is 0.407 e. The van der Waals surface area contributed by atoms with Crippen LogP contribution < -0.4 is 5.32 Å². The lowest BCUT2D eigenvalue weighted by atomic mass is 9.84. The van der Waals surface area contributed by atoms with Gasteiger partial charge in [-0.05, 0) is 47.9 Å². The molecule has 7 heteroatoms. The number of hydrogen-bond acceptors (Lipinski definition) is 4. The van der Waals surface area contributed by atoms with Crippen LogP contribution in [0.15, 0.2) is 48.5 Å². The van der Waals surface area contributed by atoms with E-state index in [4.69, 9.17) is 4.74 Å². The van der Waals surface area contributed by atoms with Crippen LogP contribution in [0.4, 0.5) is 4.79 Å². The molecule has 2 unspecified atom stereocenters. The molecule has 1 heterocycles. The molecule has 0 aromatic heterocycles. The molecule has 2 aromatic carbocycles. The maximum atomic E-state index is 12.7. The highest BCUT2D eigenvalue weighted by Gasteiger charge is 2.44. The van der Waals surface area contributed by atoms with Gasteiger partial charge >= 0.3 is 12.1 Å². The fourth-order valence-electron chi connectivity index (χ4n) is 5.34. The van der Waals surface area contributed by atoms with Crippen molar-refractivity contribution < 1.29 is 24.2 Å². The molecule has 2 amide bonds. The molecule has 0 saturated carbocycles. The SMILES string of the molecule is CCC(CCC(=O)N1CCC(CC)(C(=O)O)C1)NC(=O)OCC1c2ccccc2-c2ccccc21. The Labute approximate surface area is 206 Å². The number of nitrogens with zero attached hydrogens (tertiary/aromatic N) is 1. The van der Waals surface area contributed by atoms with Crippen LogP contribution in [0.5, 0.6) is 0 Å². The second-order valence-corrected chi connectivity index (χ2v) is 9.62. The van der Waals surface area contributed by atoms with Crippen LogP contribution in [0.25, 0.3) is 11.1 Å². The largest absolute Gasteiger partial charge is 0.481 e. The summed E-state index contributed by atoms with van der Waals surface area (Å²) in [5.41, 5.74) is 3.85. The number of carbonyl (C=O) groups excluding carboxylic acids is 2. The lowest BCUT2D eigenvalue weighted by Crippen LogP contribution is -2.38. The van der Waals surface area contributed by atoms with E-state index in [2.05, 4.69) is 29.6 Å². The standard InChI is InChI=1S/C28H34N2O5/c1-3-19(13-14-25(31)30-16-15-28(4-2,18-30)26(32)33)29-27(34)35-17-24-22-11-7-5-9-20(22)21-10-6-8-12-23(21)24/h5-12,19,24H,3-4,13-18H2,1-2H3,(H,29,34)(H,32,33). The number of aliphatic carboxylic acids is 1. The Hall–Kier alpha value is -3.35. The Bertz CT molecular complexity index is 1050. The van der Waals surface area contributed by atoms with E-state index in [0.29, 0.717) is 32.2 Å².